The Labute approximate surface area is 235 Å². The largest absolute Gasteiger partial charge is 0.488 e. The van der Waals surface area contributed by atoms with Crippen molar-refractivity contribution in [1.82, 2.24) is 0 Å². The summed E-state index contributed by atoms with van der Waals surface area (Å²) in [5.74, 6) is 2.20. The van der Waals surface area contributed by atoms with Crippen LogP contribution in [0.1, 0.15) is 79.7 Å². The fraction of sp³-hybridized carbons (Fsp3) is 0.486. The summed E-state index contributed by atoms with van der Waals surface area (Å²) >= 11 is 0. The summed E-state index contributed by atoms with van der Waals surface area (Å²) in [6.07, 6.45) is 4.26. The molecule has 0 bridgehead atoms. The monoisotopic (exact) mass is 527 g/mol. The lowest BCUT2D eigenvalue weighted by Gasteiger charge is -2.38. The number of fused-ring (bicyclic) bond motifs is 1. The second-order valence-corrected chi connectivity index (χ2v) is 12.3. The maximum Gasteiger partial charge on any atom is 0.159 e. The predicted molar refractivity (Wildman–Crippen MR) is 160 cm³/mol. The number of aryl methyl sites for hydroxylation is 2. The standard InChI is InChI=1S/C35H45NO3/c1-24-22-28(13-17-32(24)36-20-18-26(19-21-36)34(37-5)38-6)33-30(25-10-8-7-9-11-25)15-12-27-23-29(14-16-31(27)33)39-35(2,3)4/h7-11,13-14,16-17,22-23,26,30,33-34H,12,15,18-21H2,1-6H3/t30-,33+/m1/s1. The van der Waals surface area contributed by atoms with Gasteiger partial charge in [-0.15, -0.1) is 0 Å². The molecule has 4 heteroatoms. The maximum absolute atomic E-state index is 6.24. The van der Waals surface area contributed by atoms with Gasteiger partial charge in [0, 0.05) is 44.8 Å². The molecule has 1 aliphatic heterocycles. The van der Waals surface area contributed by atoms with Crippen molar-refractivity contribution in [1.29, 1.82) is 0 Å². The molecule has 0 spiro atoms. The Morgan fingerprint density at radius 1 is 0.821 bits per heavy atom. The van der Waals surface area contributed by atoms with E-state index < -0.39 is 0 Å². The van der Waals surface area contributed by atoms with Gasteiger partial charge in [-0.25, -0.2) is 0 Å². The Balaban J connectivity index is 1.45. The van der Waals surface area contributed by atoms with E-state index in [0.717, 1.165) is 44.5 Å². The SMILES string of the molecule is COC(OC)C1CCN(c2ccc([C@@H]3c4ccc(OC(C)(C)C)cc4CC[C@@H]3c3ccccc3)cc2C)CC1. The average molecular weight is 528 g/mol. The van der Waals surface area contributed by atoms with Crippen LogP contribution in [0.15, 0.2) is 66.7 Å². The van der Waals surface area contributed by atoms with Gasteiger partial charge in [0.15, 0.2) is 6.29 Å². The van der Waals surface area contributed by atoms with Crippen molar-refractivity contribution in [3.05, 3.63) is 94.5 Å². The highest BCUT2D eigenvalue weighted by Gasteiger charge is 2.33. The topological polar surface area (TPSA) is 30.9 Å². The van der Waals surface area contributed by atoms with Crippen LogP contribution in [0.2, 0.25) is 0 Å². The summed E-state index contributed by atoms with van der Waals surface area (Å²) in [7, 11) is 3.49. The van der Waals surface area contributed by atoms with Gasteiger partial charge in [-0.1, -0.05) is 48.5 Å². The first-order valence-corrected chi connectivity index (χ1v) is 14.5. The number of piperidine rings is 1. The zero-order valence-corrected chi connectivity index (χ0v) is 24.6. The van der Waals surface area contributed by atoms with E-state index in [-0.39, 0.29) is 11.9 Å². The lowest BCUT2D eigenvalue weighted by molar-refractivity contribution is -0.141. The van der Waals surface area contributed by atoms with Gasteiger partial charge in [-0.05, 0) is 105 Å². The van der Waals surface area contributed by atoms with Gasteiger partial charge in [0.2, 0.25) is 0 Å². The Morgan fingerprint density at radius 3 is 2.18 bits per heavy atom. The van der Waals surface area contributed by atoms with Crippen molar-refractivity contribution in [2.45, 2.75) is 77.1 Å². The lowest BCUT2D eigenvalue weighted by atomic mass is 9.69. The highest BCUT2D eigenvalue weighted by molar-refractivity contribution is 5.57. The molecule has 4 nitrogen and oxygen atoms in total. The minimum absolute atomic E-state index is 0.105. The molecule has 0 aromatic heterocycles. The maximum atomic E-state index is 6.24. The quantitative estimate of drug-likeness (QED) is 0.293. The predicted octanol–water partition coefficient (Wildman–Crippen LogP) is 7.87. The Kier molecular flexibility index (Phi) is 8.35. The molecule has 2 aliphatic rings. The third kappa shape index (κ3) is 6.18. The van der Waals surface area contributed by atoms with Crippen molar-refractivity contribution in [3.63, 3.8) is 0 Å². The van der Waals surface area contributed by atoms with E-state index in [4.69, 9.17) is 14.2 Å². The normalized spacial score (nSPS) is 20.2. The molecule has 0 saturated carbocycles. The van der Waals surface area contributed by atoms with Gasteiger partial charge >= 0.3 is 0 Å². The first-order chi connectivity index (χ1) is 18.8. The van der Waals surface area contributed by atoms with Gasteiger partial charge in [-0.3, -0.25) is 0 Å². The van der Waals surface area contributed by atoms with Gasteiger partial charge in [-0.2, -0.15) is 0 Å². The van der Waals surface area contributed by atoms with Crippen LogP contribution < -0.4 is 9.64 Å². The third-order valence-corrected chi connectivity index (χ3v) is 8.54. The fourth-order valence-corrected chi connectivity index (χ4v) is 6.81. The zero-order chi connectivity index (χ0) is 27.6. The molecule has 39 heavy (non-hydrogen) atoms. The Hall–Kier alpha value is -2.82. The highest BCUT2D eigenvalue weighted by atomic mass is 16.7. The number of hydrogen-bond acceptors (Lipinski definition) is 4. The average Bonchev–Trinajstić information content (AvgIpc) is 2.93. The molecular weight excluding hydrogens is 482 g/mol. The van der Waals surface area contributed by atoms with Crippen LogP contribution in [0, 0.1) is 12.8 Å². The molecule has 5 rings (SSSR count). The minimum atomic E-state index is -0.204. The van der Waals surface area contributed by atoms with Gasteiger partial charge in [0.05, 0.1) is 0 Å². The summed E-state index contributed by atoms with van der Waals surface area (Å²) in [6, 6.07) is 25.1. The van der Waals surface area contributed by atoms with Crippen LogP contribution in [0.25, 0.3) is 0 Å². The summed E-state index contributed by atoms with van der Waals surface area (Å²) in [5.41, 5.74) is 8.20. The van der Waals surface area contributed by atoms with Crippen LogP contribution in [-0.4, -0.2) is 39.2 Å². The second-order valence-electron chi connectivity index (χ2n) is 12.3. The molecule has 0 N–H and O–H groups in total. The second kappa shape index (κ2) is 11.7. The van der Waals surface area contributed by atoms with Crippen molar-refractivity contribution >= 4 is 5.69 Å². The van der Waals surface area contributed by atoms with Crippen LogP contribution >= 0.6 is 0 Å². The molecule has 2 atom stereocenters. The van der Waals surface area contributed by atoms with Crippen molar-refractivity contribution in [2.75, 3.05) is 32.2 Å². The lowest BCUT2D eigenvalue weighted by Crippen LogP contribution is -2.39. The Bertz CT molecular complexity index is 1240. The van der Waals surface area contributed by atoms with Gasteiger partial charge < -0.3 is 19.1 Å². The van der Waals surface area contributed by atoms with Crippen LogP contribution in [0.5, 0.6) is 5.75 Å². The number of hydrogen-bond donors (Lipinski definition) is 0. The molecule has 3 aromatic rings. The van der Waals surface area contributed by atoms with E-state index in [0.29, 0.717) is 17.8 Å². The van der Waals surface area contributed by atoms with Crippen LogP contribution in [-0.2, 0) is 15.9 Å². The molecule has 208 valence electrons. The van der Waals surface area contributed by atoms with E-state index in [2.05, 4.69) is 99.3 Å². The smallest absolute Gasteiger partial charge is 0.159 e. The zero-order valence-electron chi connectivity index (χ0n) is 24.6. The van der Waals surface area contributed by atoms with E-state index >= 15 is 0 Å². The molecule has 0 radical (unpaired) electrons. The third-order valence-electron chi connectivity index (χ3n) is 8.54. The van der Waals surface area contributed by atoms with Gasteiger partial charge in [0.25, 0.3) is 0 Å². The van der Waals surface area contributed by atoms with Crippen LogP contribution in [0.3, 0.4) is 0 Å². The van der Waals surface area contributed by atoms with Crippen LogP contribution in [0.4, 0.5) is 5.69 Å². The molecule has 0 unspecified atom stereocenters. The van der Waals surface area contributed by atoms with Gasteiger partial charge in [0.1, 0.15) is 11.4 Å². The van der Waals surface area contributed by atoms with Crippen molar-refractivity contribution in [3.8, 4) is 5.75 Å². The summed E-state index contributed by atoms with van der Waals surface area (Å²) < 4.78 is 17.3. The van der Waals surface area contributed by atoms with Crippen molar-refractivity contribution in [2.24, 2.45) is 5.92 Å². The molecule has 1 heterocycles. The number of ether oxygens (including phenoxy) is 3. The van der Waals surface area contributed by atoms with E-state index in [1.54, 1.807) is 14.2 Å². The first kappa shape index (κ1) is 27.7. The molecule has 1 aliphatic carbocycles. The van der Waals surface area contributed by atoms with E-state index in [9.17, 15) is 0 Å². The highest BCUT2D eigenvalue weighted by Crippen LogP contribution is 2.48. The number of nitrogens with zero attached hydrogens (tertiary/aromatic N) is 1. The molecule has 0 amide bonds. The molecule has 1 fully saturated rings. The Morgan fingerprint density at radius 2 is 1.54 bits per heavy atom. The number of anilines is 1. The molecule has 3 aromatic carbocycles. The summed E-state index contributed by atoms with van der Waals surface area (Å²) in [6.45, 7) is 10.7. The van der Waals surface area contributed by atoms with E-state index in [1.807, 2.05) is 0 Å². The number of benzene rings is 3. The first-order valence-electron chi connectivity index (χ1n) is 14.5. The summed E-state index contributed by atoms with van der Waals surface area (Å²) in [4.78, 5) is 2.54. The minimum Gasteiger partial charge on any atom is -0.488 e. The number of rotatable bonds is 7. The molecule has 1 saturated heterocycles. The number of methoxy groups -OCH3 is 2. The fourth-order valence-electron chi connectivity index (χ4n) is 6.81. The van der Waals surface area contributed by atoms with E-state index in [1.165, 1.54) is 33.5 Å². The summed E-state index contributed by atoms with van der Waals surface area (Å²) in [5, 5.41) is 0. The molecular formula is C35H45NO3. The van der Waals surface area contributed by atoms with Crippen molar-refractivity contribution < 1.29 is 14.2 Å².